The highest BCUT2D eigenvalue weighted by molar-refractivity contribution is 8.18. The highest BCUT2D eigenvalue weighted by Crippen LogP contribution is 2.36. The number of carbonyl (C=O) groups is 3. The number of ether oxygens (including phenoxy) is 1. The molecule has 3 amide bonds. The highest BCUT2D eigenvalue weighted by Gasteiger charge is 2.37. The van der Waals surface area contributed by atoms with E-state index in [0.717, 1.165) is 45.8 Å². The maximum atomic E-state index is 13.0. The Balaban J connectivity index is 1.90. The van der Waals surface area contributed by atoms with Crippen molar-refractivity contribution in [1.82, 2.24) is 9.80 Å². The second-order valence-electron chi connectivity index (χ2n) is 7.28. The van der Waals surface area contributed by atoms with Crippen molar-refractivity contribution >= 4 is 45.7 Å². The summed E-state index contributed by atoms with van der Waals surface area (Å²) in [4.78, 5) is 41.3. The number of hydrogen-bond acceptors (Lipinski definition) is 5. The molecule has 0 bridgehead atoms. The fourth-order valence-corrected chi connectivity index (χ4v) is 4.43. The molecule has 1 aliphatic rings. The number of imide groups is 1. The van der Waals surface area contributed by atoms with Crippen LogP contribution >= 0.6 is 11.8 Å². The van der Waals surface area contributed by atoms with Crippen LogP contribution in [0.2, 0.25) is 0 Å². The van der Waals surface area contributed by atoms with Crippen LogP contribution in [-0.2, 0) is 9.59 Å². The van der Waals surface area contributed by atoms with Gasteiger partial charge in [-0.2, -0.15) is 0 Å². The molecule has 0 saturated carbocycles. The average molecular weight is 441 g/mol. The minimum absolute atomic E-state index is 0.201. The third kappa shape index (κ3) is 5.10. The van der Waals surface area contributed by atoms with E-state index in [4.69, 9.17) is 4.74 Å². The number of carbonyl (C=O) groups excluding carboxylic acids is 3. The van der Waals surface area contributed by atoms with Crippen molar-refractivity contribution in [2.45, 2.75) is 33.6 Å². The van der Waals surface area contributed by atoms with Crippen molar-refractivity contribution in [2.75, 3.05) is 26.2 Å². The van der Waals surface area contributed by atoms with E-state index < -0.39 is 11.1 Å². The highest BCUT2D eigenvalue weighted by atomic mass is 32.2. The van der Waals surface area contributed by atoms with E-state index in [1.165, 1.54) is 0 Å². The summed E-state index contributed by atoms with van der Waals surface area (Å²) in [7, 11) is 0. The van der Waals surface area contributed by atoms with Crippen LogP contribution in [0.15, 0.2) is 41.3 Å². The number of rotatable bonds is 9. The molecule has 1 aliphatic heterocycles. The van der Waals surface area contributed by atoms with Gasteiger partial charge in [0.25, 0.3) is 11.1 Å². The van der Waals surface area contributed by atoms with Crippen molar-refractivity contribution in [3.05, 3.63) is 46.9 Å². The fourth-order valence-electron chi connectivity index (χ4n) is 3.61. The van der Waals surface area contributed by atoms with Gasteiger partial charge in [0.1, 0.15) is 12.3 Å². The van der Waals surface area contributed by atoms with Crippen LogP contribution in [0.1, 0.15) is 39.2 Å². The lowest BCUT2D eigenvalue weighted by Gasteiger charge is -2.23. The van der Waals surface area contributed by atoms with E-state index in [1.807, 2.05) is 57.2 Å². The SMILES string of the molecule is CCCN(CCC)C(=O)CN1C(=O)S/C(=C\c2c(OCC)ccc3ccccc23)C1=O. The zero-order valence-corrected chi connectivity index (χ0v) is 19.0. The van der Waals surface area contributed by atoms with E-state index in [2.05, 4.69) is 0 Å². The summed E-state index contributed by atoms with van der Waals surface area (Å²) in [5.74, 6) is 0.0141. The Hall–Kier alpha value is -2.80. The molecular weight excluding hydrogens is 412 g/mol. The largest absolute Gasteiger partial charge is 0.493 e. The van der Waals surface area contributed by atoms with Crippen LogP contribution in [0.3, 0.4) is 0 Å². The Morgan fingerprint density at radius 3 is 2.45 bits per heavy atom. The van der Waals surface area contributed by atoms with E-state index >= 15 is 0 Å². The van der Waals surface area contributed by atoms with Gasteiger partial charge in [-0.25, -0.2) is 0 Å². The predicted molar refractivity (Wildman–Crippen MR) is 125 cm³/mol. The fraction of sp³-hybridized carbons (Fsp3) is 0.375. The van der Waals surface area contributed by atoms with E-state index in [0.29, 0.717) is 30.4 Å². The number of hydrogen-bond donors (Lipinski definition) is 0. The molecule has 7 heteroatoms. The van der Waals surface area contributed by atoms with Gasteiger partial charge in [-0.3, -0.25) is 19.3 Å². The molecule has 1 fully saturated rings. The van der Waals surface area contributed by atoms with Gasteiger partial charge in [-0.15, -0.1) is 0 Å². The van der Waals surface area contributed by atoms with Crippen LogP contribution in [0.25, 0.3) is 16.8 Å². The molecule has 1 saturated heterocycles. The number of nitrogens with zero attached hydrogens (tertiary/aromatic N) is 2. The molecule has 2 aromatic carbocycles. The predicted octanol–water partition coefficient (Wildman–Crippen LogP) is 4.92. The normalized spacial score (nSPS) is 15.2. The first kappa shape index (κ1) is 22.9. The number of amides is 3. The summed E-state index contributed by atoms with van der Waals surface area (Å²) in [5, 5.41) is 1.53. The zero-order chi connectivity index (χ0) is 22.4. The number of fused-ring (bicyclic) bond motifs is 1. The molecule has 31 heavy (non-hydrogen) atoms. The molecule has 1 heterocycles. The third-order valence-corrected chi connectivity index (χ3v) is 5.92. The lowest BCUT2D eigenvalue weighted by Crippen LogP contribution is -2.42. The van der Waals surface area contributed by atoms with Crippen LogP contribution < -0.4 is 4.74 Å². The maximum Gasteiger partial charge on any atom is 0.294 e. The van der Waals surface area contributed by atoms with Gasteiger partial charge in [0.2, 0.25) is 5.91 Å². The van der Waals surface area contributed by atoms with Crippen molar-refractivity contribution in [3.8, 4) is 5.75 Å². The minimum atomic E-state index is -0.438. The van der Waals surface area contributed by atoms with Gasteiger partial charge in [0.15, 0.2) is 0 Å². The standard InChI is InChI=1S/C24H28N2O4S/c1-4-13-25(14-5-2)22(27)16-26-23(28)21(31-24(26)29)15-19-18-10-8-7-9-17(18)11-12-20(19)30-6-3/h7-12,15H,4-6,13-14,16H2,1-3H3/b21-15-. The Morgan fingerprint density at radius 1 is 1.06 bits per heavy atom. The van der Waals surface area contributed by atoms with Gasteiger partial charge < -0.3 is 9.64 Å². The summed E-state index contributed by atoms with van der Waals surface area (Å²) < 4.78 is 5.77. The molecular formula is C24H28N2O4S. The van der Waals surface area contributed by atoms with Gasteiger partial charge >= 0.3 is 0 Å². The monoisotopic (exact) mass is 440 g/mol. The Morgan fingerprint density at radius 2 is 1.77 bits per heavy atom. The van der Waals surface area contributed by atoms with Crippen molar-refractivity contribution < 1.29 is 19.1 Å². The van der Waals surface area contributed by atoms with Crippen LogP contribution in [0.5, 0.6) is 5.75 Å². The Kier molecular flexibility index (Phi) is 7.74. The van der Waals surface area contributed by atoms with E-state index in [-0.39, 0.29) is 12.5 Å². The molecule has 2 aromatic rings. The number of benzene rings is 2. The maximum absolute atomic E-state index is 13.0. The van der Waals surface area contributed by atoms with Crippen LogP contribution in [0.4, 0.5) is 4.79 Å². The molecule has 3 rings (SSSR count). The number of thioether (sulfide) groups is 1. The van der Waals surface area contributed by atoms with Crippen molar-refractivity contribution in [3.63, 3.8) is 0 Å². The first-order chi connectivity index (χ1) is 15.0. The second-order valence-corrected chi connectivity index (χ2v) is 8.27. The summed E-state index contributed by atoms with van der Waals surface area (Å²) in [6, 6.07) is 11.7. The summed E-state index contributed by atoms with van der Waals surface area (Å²) in [6.45, 7) is 7.39. The lowest BCUT2D eigenvalue weighted by molar-refractivity contribution is -0.135. The molecule has 164 valence electrons. The average Bonchev–Trinajstić information content (AvgIpc) is 3.02. The van der Waals surface area contributed by atoms with Crippen molar-refractivity contribution in [1.29, 1.82) is 0 Å². The smallest absolute Gasteiger partial charge is 0.294 e. The van der Waals surface area contributed by atoms with Crippen LogP contribution in [-0.4, -0.2) is 53.1 Å². The van der Waals surface area contributed by atoms with Crippen molar-refractivity contribution in [2.24, 2.45) is 0 Å². The quantitative estimate of drug-likeness (QED) is 0.518. The third-order valence-electron chi connectivity index (χ3n) is 5.01. The summed E-state index contributed by atoms with van der Waals surface area (Å²) in [5.41, 5.74) is 0.760. The van der Waals surface area contributed by atoms with Crippen LogP contribution in [0, 0.1) is 0 Å². The van der Waals surface area contributed by atoms with Gasteiger partial charge in [-0.1, -0.05) is 44.2 Å². The van der Waals surface area contributed by atoms with E-state index in [1.54, 1.807) is 11.0 Å². The molecule has 0 unspecified atom stereocenters. The topological polar surface area (TPSA) is 66.9 Å². The van der Waals surface area contributed by atoms with E-state index in [9.17, 15) is 14.4 Å². The zero-order valence-electron chi connectivity index (χ0n) is 18.2. The molecule has 0 N–H and O–H groups in total. The van der Waals surface area contributed by atoms with Gasteiger partial charge in [-0.05, 0) is 54.4 Å². The molecule has 0 aromatic heterocycles. The first-order valence-electron chi connectivity index (χ1n) is 10.7. The molecule has 6 nitrogen and oxygen atoms in total. The Labute approximate surface area is 187 Å². The summed E-state index contributed by atoms with van der Waals surface area (Å²) in [6.07, 6.45) is 3.36. The molecule has 0 aliphatic carbocycles. The minimum Gasteiger partial charge on any atom is -0.493 e. The van der Waals surface area contributed by atoms with Gasteiger partial charge in [0, 0.05) is 18.7 Å². The molecule has 0 radical (unpaired) electrons. The molecule has 0 atom stereocenters. The first-order valence-corrected chi connectivity index (χ1v) is 11.5. The van der Waals surface area contributed by atoms with Gasteiger partial charge in [0.05, 0.1) is 11.5 Å². The lowest BCUT2D eigenvalue weighted by atomic mass is 10.0. The summed E-state index contributed by atoms with van der Waals surface area (Å²) >= 11 is 0.865. The second kappa shape index (κ2) is 10.5. The molecule has 0 spiro atoms. The Bertz CT molecular complexity index is 1010.